The van der Waals surface area contributed by atoms with E-state index in [2.05, 4.69) is 10.5 Å². The van der Waals surface area contributed by atoms with Crippen molar-refractivity contribution in [2.24, 2.45) is 5.10 Å². The van der Waals surface area contributed by atoms with Crippen LogP contribution in [-0.4, -0.2) is 28.8 Å². The third kappa shape index (κ3) is 5.18. The SMILES string of the molecule is Cc1cc(Cl)ccc1OCC(=O)NN=Cc1ccc([N+](=O)[O-])c(O)c1. The first-order chi connectivity index (χ1) is 11.9. The van der Waals surface area contributed by atoms with Crippen molar-refractivity contribution in [1.82, 2.24) is 5.43 Å². The highest BCUT2D eigenvalue weighted by molar-refractivity contribution is 6.30. The molecule has 0 radical (unpaired) electrons. The van der Waals surface area contributed by atoms with Gasteiger partial charge in [-0.15, -0.1) is 0 Å². The third-order valence-corrected chi connectivity index (χ3v) is 3.33. The summed E-state index contributed by atoms with van der Waals surface area (Å²) >= 11 is 5.84. The number of amides is 1. The second-order valence-electron chi connectivity index (χ2n) is 5.00. The van der Waals surface area contributed by atoms with Gasteiger partial charge in [-0.05, 0) is 48.4 Å². The molecule has 0 unspecified atom stereocenters. The number of aromatic hydroxyl groups is 1. The van der Waals surface area contributed by atoms with Gasteiger partial charge in [-0.3, -0.25) is 14.9 Å². The fraction of sp³-hybridized carbons (Fsp3) is 0.125. The number of hydrazone groups is 1. The molecule has 25 heavy (non-hydrogen) atoms. The first-order valence-corrected chi connectivity index (χ1v) is 7.43. The van der Waals surface area contributed by atoms with Crippen LogP contribution in [0.5, 0.6) is 11.5 Å². The maximum atomic E-state index is 11.7. The van der Waals surface area contributed by atoms with Gasteiger partial charge in [0.1, 0.15) is 5.75 Å². The molecule has 0 aliphatic heterocycles. The standard InChI is InChI=1S/C16H14ClN3O5/c1-10-6-12(17)3-5-15(10)25-9-16(22)19-18-8-11-2-4-13(20(23)24)14(21)7-11/h2-8,21H,9H2,1H3,(H,19,22). The van der Waals surface area contributed by atoms with Crippen molar-refractivity contribution in [3.8, 4) is 11.5 Å². The Bertz CT molecular complexity index is 839. The minimum Gasteiger partial charge on any atom is -0.502 e. The number of nitro benzene ring substituents is 1. The number of nitro groups is 1. The number of carbonyl (C=O) groups excluding carboxylic acids is 1. The van der Waals surface area contributed by atoms with Gasteiger partial charge in [0, 0.05) is 11.1 Å². The highest BCUT2D eigenvalue weighted by Gasteiger charge is 2.12. The molecule has 0 aliphatic carbocycles. The number of hydrogen-bond acceptors (Lipinski definition) is 6. The number of benzene rings is 2. The van der Waals surface area contributed by atoms with Gasteiger partial charge in [-0.1, -0.05) is 11.6 Å². The Kier molecular flexibility index (Phi) is 5.91. The lowest BCUT2D eigenvalue weighted by Gasteiger charge is -2.08. The normalized spacial score (nSPS) is 10.6. The molecule has 2 aromatic rings. The lowest BCUT2D eigenvalue weighted by atomic mass is 10.2. The Hall–Kier alpha value is -3.13. The van der Waals surface area contributed by atoms with E-state index in [4.69, 9.17) is 16.3 Å². The van der Waals surface area contributed by atoms with Crippen LogP contribution in [0.4, 0.5) is 5.69 Å². The zero-order chi connectivity index (χ0) is 18.4. The molecule has 0 aromatic heterocycles. The maximum absolute atomic E-state index is 11.7. The number of halogens is 1. The van der Waals surface area contributed by atoms with Gasteiger partial charge in [0.15, 0.2) is 12.4 Å². The Morgan fingerprint density at radius 3 is 2.80 bits per heavy atom. The van der Waals surface area contributed by atoms with Crippen molar-refractivity contribution in [2.45, 2.75) is 6.92 Å². The van der Waals surface area contributed by atoms with Gasteiger partial charge in [-0.25, -0.2) is 5.43 Å². The maximum Gasteiger partial charge on any atom is 0.310 e. The van der Waals surface area contributed by atoms with Crippen molar-refractivity contribution in [2.75, 3.05) is 6.61 Å². The summed E-state index contributed by atoms with van der Waals surface area (Å²) in [7, 11) is 0. The van der Waals surface area contributed by atoms with Crippen molar-refractivity contribution in [1.29, 1.82) is 0 Å². The van der Waals surface area contributed by atoms with E-state index in [1.165, 1.54) is 18.3 Å². The zero-order valence-electron chi connectivity index (χ0n) is 13.1. The molecule has 9 heteroatoms. The van der Waals surface area contributed by atoms with E-state index in [-0.39, 0.29) is 6.61 Å². The number of phenolic OH excluding ortho intramolecular Hbond substituents is 1. The predicted octanol–water partition coefficient (Wildman–Crippen LogP) is 2.79. The summed E-state index contributed by atoms with van der Waals surface area (Å²) in [5.74, 6) is -0.442. The molecule has 130 valence electrons. The van der Waals surface area contributed by atoms with Crippen molar-refractivity contribution >= 4 is 29.4 Å². The highest BCUT2D eigenvalue weighted by Crippen LogP contribution is 2.25. The van der Waals surface area contributed by atoms with Crippen LogP contribution in [0.15, 0.2) is 41.5 Å². The van der Waals surface area contributed by atoms with Gasteiger partial charge < -0.3 is 9.84 Å². The number of rotatable bonds is 6. The fourth-order valence-electron chi connectivity index (χ4n) is 1.90. The zero-order valence-corrected chi connectivity index (χ0v) is 13.9. The van der Waals surface area contributed by atoms with Crippen LogP contribution in [0, 0.1) is 17.0 Å². The minimum atomic E-state index is -0.700. The largest absolute Gasteiger partial charge is 0.502 e. The lowest BCUT2D eigenvalue weighted by Crippen LogP contribution is -2.24. The number of hydrogen-bond donors (Lipinski definition) is 2. The highest BCUT2D eigenvalue weighted by atomic mass is 35.5. The average molecular weight is 364 g/mol. The Morgan fingerprint density at radius 2 is 2.16 bits per heavy atom. The summed E-state index contributed by atoms with van der Waals surface area (Å²) in [5, 5.41) is 24.4. The van der Waals surface area contributed by atoms with E-state index in [0.29, 0.717) is 16.3 Å². The summed E-state index contributed by atoms with van der Waals surface area (Å²) in [6, 6.07) is 8.73. The van der Waals surface area contributed by atoms with Gasteiger partial charge in [0.2, 0.25) is 0 Å². The molecule has 2 aromatic carbocycles. The molecule has 8 nitrogen and oxygen atoms in total. The third-order valence-electron chi connectivity index (χ3n) is 3.09. The number of nitrogens with one attached hydrogen (secondary N) is 1. The van der Waals surface area contributed by atoms with Crippen LogP contribution in [0.2, 0.25) is 5.02 Å². The van der Waals surface area contributed by atoms with Crippen LogP contribution >= 0.6 is 11.6 Å². The van der Waals surface area contributed by atoms with Crippen LogP contribution < -0.4 is 10.2 Å². The molecule has 0 bridgehead atoms. The van der Waals surface area contributed by atoms with Crippen LogP contribution in [0.1, 0.15) is 11.1 Å². The summed E-state index contributed by atoms with van der Waals surface area (Å²) in [6.07, 6.45) is 1.24. The number of ether oxygens (including phenoxy) is 1. The molecule has 0 spiro atoms. The van der Waals surface area contributed by atoms with E-state index in [0.717, 1.165) is 11.6 Å². The van der Waals surface area contributed by atoms with Gasteiger partial charge in [0.25, 0.3) is 5.91 Å². The van der Waals surface area contributed by atoms with E-state index < -0.39 is 22.3 Å². The molecule has 2 N–H and O–H groups in total. The number of aryl methyl sites for hydroxylation is 1. The smallest absolute Gasteiger partial charge is 0.310 e. The fourth-order valence-corrected chi connectivity index (χ4v) is 2.13. The molecular formula is C16H14ClN3O5. The van der Waals surface area contributed by atoms with Crippen LogP contribution in [-0.2, 0) is 4.79 Å². The first-order valence-electron chi connectivity index (χ1n) is 7.05. The van der Waals surface area contributed by atoms with E-state index in [9.17, 15) is 20.0 Å². The summed E-state index contributed by atoms with van der Waals surface area (Å²) in [6.45, 7) is 1.56. The Labute approximate surface area is 147 Å². The molecule has 2 rings (SSSR count). The molecule has 1 amide bonds. The number of carbonyl (C=O) groups is 1. The van der Waals surface area contributed by atoms with Gasteiger partial charge >= 0.3 is 5.69 Å². The van der Waals surface area contributed by atoms with E-state index in [1.54, 1.807) is 25.1 Å². The van der Waals surface area contributed by atoms with Gasteiger partial charge in [-0.2, -0.15) is 5.10 Å². The summed E-state index contributed by atoms with van der Waals surface area (Å²) < 4.78 is 5.36. The quantitative estimate of drug-likeness (QED) is 0.465. The molecule has 0 aliphatic rings. The monoisotopic (exact) mass is 363 g/mol. The van der Waals surface area contributed by atoms with Crippen LogP contribution in [0.3, 0.4) is 0 Å². The molecule has 0 saturated carbocycles. The summed E-state index contributed by atoms with van der Waals surface area (Å²) in [5.41, 5.74) is 3.03. The Balaban J connectivity index is 1.88. The first kappa shape index (κ1) is 18.2. The molecular weight excluding hydrogens is 350 g/mol. The van der Waals surface area contributed by atoms with Crippen molar-refractivity contribution in [3.05, 3.63) is 62.7 Å². The van der Waals surface area contributed by atoms with Crippen molar-refractivity contribution in [3.63, 3.8) is 0 Å². The molecule has 0 fully saturated rings. The van der Waals surface area contributed by atoms with Crippen LogP contribution in [0.25, 0.3) is 0 Å². The second-order valence-corrected chi connectivity index (χ2v) is 5.43. The van der Waals surface area contributed by atoms with E-state index >= 15 is 0 Å². The topological polar surface area (TPSA) is 114 Å². The molecule has 0 saturated heterocycles. The Morgan fingerprint density at radius 1 is 1.40 bits per heavy atom. The summed E-state index contributed by atoms with van der Waals surface area (Å²) in [4.78, 5) is 21.6. The average Bonchev–Trinajstić information content (AvgIpc) is 2.53. The van der Waals surface area contributed by atoms with Gasteiger partial charge in [0.05, 0.1) is 11.1 Å². The van der Waals surface area contributed by atoms with E-state index in [1.807, 2.05) is 0 Å². The molecule has 0 atom stereocenters. The number of nitrogens with zero attached hydrogens (tertiary/aromatic N) is 2. The number of phenols is 1. The minimum absolute atomic E-state index is 0.245. The molecule has 0 heterocycles. The lowest BCUT2D eigenvalue weighted by molar-refractivity contribution is -0.385. The predicted molar refractivity (Wildman–Crippen MR) is 92.2 cm³/mol. The second kappa shape index (κ2) is 8.11. The van der Waals surface area contributed by atoms with Crippen molar-refractivity contribution < 1.29 is 19.6 Å².